The predicted molar refractivity (Wildman–Crippen MR) is 65.1 cm³/mol. The van der Waals surface area contributed by atoms with E-state index < -0.39 is 0 Å². The van der Waals surface area contributed by atoms with E-state index in [2.05, 4.69) is 36.2 Å². The number of nitrogens with zero attached hydrogens (tertiary/aromatic N) is 2. The summed E-state index contributed by atoms with van der Waals surface area (Å²) in [5.41, 5.74) is 0.0991. The van der Waals surface area contributed by atoms with E-state index in [9.17, 15) is 0 Å². The Balaban J connectivity index is 0.00000128. The molecule has 0 atom stereocenters. The topological polar surface area (TPSA) is 51.0 Å². The van der Waals surface area contributed by atoms with Crippen molar-refractivity contribution in [3.63, 3.8) is 0 Å². The van der Waals surface area contributed by atoms with Gasteiger partial charge in [-0.25, -0.2) is 0 Å². The molecule has 0 spiro atoms. The van der Waals surface area contributed by atoms with Gasteiger partial charge in [-0.15, -0.1) is 12.4 Å². The summed E-state index contributed by atoms with van der Waals surface area (Å²) >= 11 is 0. The highest BCUT2D eigenvalue weighted by atomic mass is 35.5. The summed E-state index contributed by atoms with van der Waals surface area (Å²) in [7, 11) is 0. The van der Waals surface area contributed by atoms with Crippen LogP contribution in [-0.2, 0) is 5.41 Å². The fourth-order valence-electron chi connectivity index (χ4n) is 1.92. The van der Waals surface area contributed by atoms with Gasteiger partial charge in [-0.2, -0.15) is 4.98 Å². The molecule has 0 amide bonds. The maximum atomic E-state index is 5.26. The van der Waals surface area contributed by atoms with Crippen LogP contribution < -0.4 is 5.32 Å². The first kappa shape index (κ1) is 13.5. The van der Waals surface area contributed by atoms with Crippen LogP contribution in [0.2, 0.25) is 0 Å². The molecule has 1 fully saturated rings. The summed E-state index contributed by atoms with van der Waals surface area (Å²) < 4.78 is 5.26. The van der Waals surface area contributed by atoms with Gasteiger partial charge in [-0.1, -0.05) is 25.9 Å². The van der Waals surface area contributed by atoms with Crippen LogP contribution >= 0.6 is 12.4 Å². The fraction of sp³-hybridized carbons (Fsp3) is 0.818. The molecule has 1 aliphatic rings. The van der Waals surface area contributed by atoms with E-state index in [4.69, 9.17) is 4.52 Å². The summed E-state index contributed by atoms with van der Waals surface area (Å²) in [4.78, 5) is 4.50. The van der Waals surface area contributed by atoms with Crippen molar-refractivity contribution in [2.75, 3.05) is 13.1 Å². The number of hydrogen-bond acceptors (Lipinski definition) is 4. The summed E-state index contributed by atoms with van der Waals surface area (Å²) in [6, 6.07) is 0. The van der Waals surface area contributed by atoms with Gasteiger partial charge in [-0.3, -0.25) is 0 Å². The lowest BCUT2D eigenvalue weighted by molar-refractivity contribution is 0.298. The zero-order valence-corrected chi connectivity index (χ0v) is 10.9. The van der Waals surface area contributed by atoms with Crippen LogP contribution in [0, 0.1) is 0 Å². The van der Waals surface area contributed by atoms with Crippen molar-refractivity contribution in [2.45, 2.75) is 44.9 Å². The lowest BCUT2D eigenvalue weighted by Crippen LogP contribution is -2.38. The van der Waals surface area contributed by atoms with Gasteiger partial charge in [0.25, 0.3) is 0 Å². The largest absolute Gasteiger partial charge is 0.339 e. The van der Waals surface area contributed by atoms with E-state index in [-0.39, 0.29) is 17.8 Å². The van der Waals surface area contributed by atoms with Crippen LogP contribution in [0.15, 0.2) is 4.52 Å². The predicted octanol–water partition coefficient (Wildman–Crippen LogP) is 2.26. The van der Waals surface area contributed by atoms with Gasteiger partial charge in [0.15, 0.2) is 5.82 Å². The molecule has 92 valence electrons. The minimum atomic E-state index is 0. The molecule has 2 heterocycles. The molecule has 16 heavy (non-hydrogen) atoms. The molecular formula is C11H20ClN3O. The van der Waals surface area contributed by atoms with Crippen LogP contribution in [0.25, 0.3) is 0 Å². The second kappa shape index (κ2) is 5.15. The van der Waals surface area contributed by atoms with Crippen molar-refractivity contribution >= 4 is 12.4 Å². The van der Waals surface area contributed by atoms with Crippen LogP contribution in [0.4, 0.5) is 0 Å². The van der Waals surface area contributed by atoms with Gasteiger partial charge >= 0.3 is 0 Å². The number of aromatic nitrogens is 2. The van der Waals surface area contributed by atoms with Gasteiger partial charge in [0, 0.05) is 11.3 Å². The van der Waals surface area contributed by atoms with Gasteiger partial charge in [0.05, 0.1) is 0 Å². The molecule has 0 saturated carbocycles. The monoisotopic (exact) mass is 245 g/mol. The van der Waals surface area contributed by atoms with Crippen molar-refractivity contribution in [1.29, 1.82) is 0 Å². The summed E-state index contributed by atoms with van der Waals surface area (Å²) in [5, 5.41) is 7.47. The molecular weight excluding hydrogens is 226 g/mol. The molecule has 4 nitrogen and oxygen atoms in total. The fourth-order valence-corrected chi connectivity index (χ4v) is 1.92. The maximum Gasteiger partial charge on any atom is 0.229 e. The minimum absolute atomic E-state index is 0. The van der Waals surface area contributed by atoms with Gasteiger partial charge < -0.3 is 9.84 Å². The van der Waals surface area contributed by atoms with E-state index in [0.29, 0.717) is 5.92 Å². The Bertz CT molecular complexity index is 332. The normalized spacial score (nSPS) is 19.5. The van der Waals surface area contributed by atoms with E-state index in [0.717, 1.165) is 37.6 Å². The Morgan fingerprint density at radius 1 is 1.31 bits per heavy atom. The van der Waals surface area contributed by atoms with Crippen LogP contribution in [0.5, 0.6) is 0 Å². The van der Waals surface area contributed by atoms with Crippen LogP contribution in [0.3, 0.4) is 0 Å². The quantitative estimate of drug-likeness (QED) is 0.869. The Morgan fingerprint density at radius 2 is 1.94 bits per heavy atom. The molecule has 1 N–H and O–H groups in total. The minimum Gasteiger partial charge on any atom is -0.339 e. The van der Waals surface area contributed by atoms with Crippen molar-refractivity contribution < 1.29 is 4.52 Å². The van der Waals surface area contributed by atoms with Gasteiger partial charge in [-0.05, 0) is 25.9 Å². The molecule has 1 aromatic heterocycles. The highest BCUT2D eigenvalue weighted by Crippen LogP contribution is 2.31. The molecule has 2 rings (SSSR count). The number of piperidine rings is 1. The summed E-state index contributed by atoms with van der Waals surface area (Å²) in [6.07, 6.45) is 2.17. The molecule has 0 aliphatic carbocycles. The Labute approximate surface area is 103 Å². The van der Waals surface area contributed by atoms with E-state index in [1.807, 2.05) is 0 Å². The average molecular weight is 246 g/mol. The second-order valence-corrected chi connectivity index (χ2v) is 4.92. The molecule has 1 aromatic rings. The second-order valence-electron chi connectivity index (χ2n) is 4.92. The lowest BCUT2D eigenvalue weighted by Gasteiger charge is -2.30. The van der Waals surface area contributed by atoms with E-state index in [1.54, 1.807) is 0 Å². The Kier molecular flexibility index (Phi) is 4.33. The zero-order valence-electron chi connectivity index (χ0n) is 10.1. The molecule has 0 bridgehead atoms. The van der Waals surface area contributed by atoms with Crippen molar-refractivity contribution in [3.8, 4) is 0 Å². The Hall–Kier alpha value is -0.610. The third-order valence-corrected chi connectivity index (χ3v) is 3.18. The number of hydrogen-bond donors (Lipinski definition) is 1. The summed E-state index contributed by atoms with van der Waals surface area (Å²) in [6.45, 7) is 8.46. The third-order valence-electron chi connectivity index (χ3n) is 3.18. The molecule has 1 aliphatic heterocycles. The number of nitrogens with one attached hydrogen (secondary N) is 1. The standard InChI is InChI=1S/C11H19N3O.ClH/c1-8(2)9-13-10(14-15-9)11(3)4-6-12-7-5-11;/h8,12H,4-7H2,1-3H3;1H. The first-order valence-corrected chi connectivity index (χ1v) is 5.67. The molecule has 5 heteroatoms. The zero-order chi connectivity index (χ0) is 10.9. The average Bonchev–Trinajstić information content (AvgIpc) is 2.68. The lowest BCUT2D eigenvalue weighted by atomic mass is 9.80. The molecule has 0 aromatic carbocycles. The highest BCUT2D eigenvalue weighted by Gasteiger charge is 2.33. The van der Waals surface area contributed by atoms with Crippen LogP contribution in [0.1, 0.15) is 51.2 Å². The van der Waals surface area contributed by atoms with Crippen molar-refractivity contribution in [2.24, 2.45) is 0 Å². The van der Waals surface area contributed by atoms with Crippen molar-refractivity contribution in [3.05, 3.63) is 11.7 Å². The number of rotatable bonds is 2. The molecule has 0 radical (unpaired) electrons. The first-order valence-electron chi connectivity index (χ1n) is 5.67. The Morgan fingerprint density at radius 3 is 2.44 bits per heavy atom. The number of halogens is 1. The van der Waals surface area contributed by atoms with Gasteiger partial charge in [0.2, 0.25) is 5.89 Å². The smallest absolute Gasteiger partial charge is 0.229 e. The highest BCUT2D eigenvalue weighted by molar-refractivity contribution is 5.85. The van der Waals surface area contributed by atoms with Crippen molar-refractivity contribution in [1.82, 2.24) is 15.5 Å². The van der Waals surface area contributed by atoms with E-state index >= 15 is 0 Å². The first-order chi connectivity index (χ1) is 7.12. The molecule has 0 unspecified atom stereocenters. The van der Waals surface area contributed by atoms with Crippen LogP contribution in [-0.4, -0.2) is 23.2 Å². The SMILES string of the molecule is CC(C)c1nc(C2(C)CCNCC2)no1.Cl. The molecule has 1 saturated heterocycles. The third kappa shape index (κ3) is 2.55. The maximum absolute atomic E-state index is 5.26. The van der Waals surface area contributed by atoms with E-state index in [1.165, 1.54) is 0 Å². The summed E-state index contributed by atoms with van der Waals surface area (Å²) in [5.74, 6) is 1.95. The van der Waals surface area contributed by atoms with Gasteiger partial charge in [0.1, 0.15) is 0 Å².